The van der Waals surface area contributed by atoms with E-state index in [-0.39, 0.29) is 5.75 Å². The van der Waals surface area contributed by atoms with Crippen LogP contribution in [-0.2, 0) is 17.6 Å². The van der Waals surface area contributed by atoms with Crippen molar-refractivity contribution in [2.45, 2.75) is 36.9 Å². The van der Waals surface area contributed by atoms with Crippen molar-refractivity contribution in [1.29, 1.82) is 0 Å². The summed E-state index contributed by atoms with van der Waals surface area (Å²) in [4.78, 5) is 33.8. The molecular weight excluding hydrogens is 389 g/mol. The summed E-state index contributed by atoms with van der Waals surface area (Å²) in [5.74, 6) is -0.818. The third kappa shape index (κ3) is 4.64. The first-order valence-electron chi connectivity index (χ1n) is 7.86. The summed E-state index contributed by atoms with van der Waals surface area (Å²) in [6.45, 7) is -1.49. The molecule has 0 saturated carbocycles. The summed E-state index contributed by atoms with van der Waals surface area (Å²) >= 11 is 2.77. The molecule has 140 valence electrons. The number of halogens is 3. The van der Waals surface area contributed by atoms with Crippen LogP contribution in [-0.4, -0.2) is 40.4 Å². The van der Waals surface area contributed by atoms with Crippen LogP contribution in [0.2, 0.25) is 0 Å². The van der Waals surface area contributed by atoms with Crippen LogP contribution in [0.25, 0.3) is 10.2 Å². The predicted octanol–water partition coefficient (Wildman–Crippen LogP) is 3.05. The largest absolute Gasteiger partial charge is 0.405 e. The van der Waals surface area contributed by atoms with E-state index in [0.29, 0.717) is 5.03 Å². The van der Waals surface area contributed by atoms with Gasteiger partial charge in [0.1, 0.15) is 22.7 Å². The minimum absolute atomic E-state index is 0.129. The molecule has 6 nitrogen and oxygen atoms in total. The van der Waals surface area contributed by atoms with Gasteiger partial charge in [-0.3, -0.25) is 10.1 Å². The van der Waals surface area contributed by atoms with Crippen LogP contribution in [0.5, 0.6) is 0 Å². The Hall–Kier alpha value is -1.88. The highest BCUT2D eigenvalue weighted by Crippen LogP contribution is 2.39. The molecule has 0 aliphatic heterocycles. The molecule has 0 fully saturated rings. The third-order valence-corrected chi connectivity index (χ3v) is 5.95. The number of thiophene rings is 1. The van der Waals surface area contributed by atoms with Gasteiger partial charge < -0.3 is 5.32 Å². The van der Waals surface area contributed by atoms with Crippen LogP contribution in [0.4, 0.5) is 18.0 Å². The van der Waals surface area contributed by atoms with Crippen LogP contribution in [0.3, 0.4) is 0 Å². The maximum atomic E-state index is 12.0. The van der Waals surface area contributed by atoms with E-state index in [4.69, 9.17) is 0 Å². The van der Waals surface area contributed by atoms with Gasteiger partial charge in [0.05, 0.1) is 5.75 Å². The molecule has 11 heteroatoms. The Morgan fingerprint density at radius 1 is 1.23 bits per heavy atom. The average molecular weight is 404 g/mol. The lowest BCUT2D eigenvalue weighted by molar-refractivity contribution is -0.124. The number of carbonyl (C=O) groups excluding carboxylic acids is 2. The first-order valence-corrected chi connectivity index (χ1v) is 9.66. The van der Waals surface area contributed by atoms with Crippen molar-refractivity contribution in [3.8, 4) is 0 Å². The molecular formula is C15H15F3N4O2S2. The Morgan fingerprint density at radius 3 is 2.77 bits per heavy atom. The lowest BCUT2D eigenvalue weighted by atomic mass is 9.97. The normalized spacial score (nSPS) is 14.1. The van der Waals surface area contributed by atoms with Crippen LogP contribution >= 0.6 is 23.1 Å². The fourth-order valence-electron chi connectivity index (χ4n) is 2.69. The number of thioether (sulfide) groups is 1. The Kier molecular flexibility index (Phi) is 5.66. The van der Waals surface area contributed by atoms with E-state index in [1.165, 1.54) is 16.8 Å². The summed E-state index contributed by atoms with van der Waals surface area (Å²) in [6, 6.07) is -1.17. The number of imide groups is 1. The lowest BCUT2D eigenvalue weighted by Crippen LogP contribution is -2.43. The Bertz CT molecular complexity index is 838. The summed E-state index contributed by atoms with van der Waals surface area (Å²) in [7, 11) is 0. The van der Waals surface area contributed by atoms with Gasteiger partial charge in [-0.25, -0.2) is 14.8 Å². The van der Waals surface area contributed by atoms with Crippen LogP contribution < -0.4 is 10.6 Å². The van der Waals surface area contributed by atoms with Crippen molar-refractivity contribution >= 4 is 45.3 Å². The summed E-state index contributed by atoms with van der Waals surface area (Å²) < 4.78 is 36.1. The zero-order valence-electron chi connectivity index (χ0n) is 13.5. The highest BCUT2D eigenvalue weighted by atomic mass is 32.2. The lowest BCUT2D eigenvalue weighted by Gasteiger charge is -2.11. The SMILES string of the molecule is O=C(CSc1ncnc2sc3c(c12)CCCC3)NC(=O)NCC(F)(F)F. The van der Waals surface area contributed by atoms with Crippen LogP contribution in [0.15, 0.2) is 11.4 Å². The molecule has 1 aliphatic carbocycles. The van der Waals surface area contributed by atoms with Gasteiger partial charge in [-0.1, -0.05) is 11.8 Å². The van der Waals surface area contributed by atoms with Crippen molar-refractivity contribution in [1.82, 2.24) is 20.6 Å². The molecule has 1 aliphatic rings. The van der Waals surface area contributed by atoms with Crippen LogP contribution in [0, 0.1) is 0 Å². The molecule has 0 spiro atoms. The molecule has 3 rings (SSSR count). The van der Waals surface area contributed by atoms with Crippen molar-refractivity contribution in [3.05, 3.63) is 16.8 Å². The number of urea groups is 1. The molecule has 26 heavy (non-hydrogen) atoms. The number of hydrogen-bond donors (Lipinski definition) is 2. The Labute approximate surface area is 155 Å². The fraction of sp³-hybridized carbons (Fsp3) is 0.467. The summed E-state index contributed by atoms with van der Waals surface area (Å²) in [5, 5.41) is 5.07. The molecule has 2 aromatic rings. The first kappa shape index (κ1) is 18.9. The second kappa shape index (κ2) is 7.78. The maximum absolute atomic E-state index is 12.0. The number of rotatable bonds is 4. The highest BCUT2D eigenvalue weighted by molar-refractivity contribution is 8.00. The van der Waals surface area contributed by atoms with Gasteiger partial charge in [-0.05, 0) is 31.2 Å². The van der Waals surface area contributed by atoms with Crippen molar-refractivity contribution in [2.24, 2.45) is 0 Å². The van der Waals surface area contributed by atoms with E-state index in [2.05, 4.69) is 9.97 Å². The molecule has 0 aromatic carbocycles. The maximum Gasteiger partial charge on any atom is 0.405 e. The minimum Gasteiger partial charge on any atom is -0.329 e. The number of amides is 3. The average Bonchev–Trinajstić information content (AvgIpc) is 2.96. The standard InChI is InChI=1S/C15H15F3N4O2S2/c16-15(17,18)6-19-14(24)22-10(23)5-25-12-11-8-3-1-2-4-9(8)26-13(11)21-7-20-12/h7H,1-6H2,(H2,19,22,23,24). The quantitative estimate of drug-likeness (QED) is 0.605. The summed E-state index contributed by atoms with van der Waals surface area (Å²) in [6.07, 6.45) is 1.10. The van der Waals surface area contributed by atoms with Crippen molar-refractivity contribution in [3.63, 3.8) is 0 Å². The van der Waals surface area contributed by atoms with E-state index in [1.807, 2.05) is 5.32 Å². The highest BCUT2D eigenvalue weighted by Gasteiger charge is 2.28. The van der Waals surface area contributed by atoms with Gasteiger partial charge in [0.2, 0.25) is 5.91 Å². The first-order chi connectivity index (χ1) is 12.3. The second-order valence-electron chi connectivity index (χ2n) is 5.70. The van der Waals surface area contributed by atoms with E-state index in [1.54, 1.807) is 16.7 Å². The van der Waals surface area contributed by atoms with E-state index in [9.17, 15) is 22.8 Å². The molecule has 0 unspecified atom stereocenters. The molecule has 2 aromatic heterocycles. The van der Waals surface area contributed by atoms with Gasteiger partial charge in [-0.15, -0.1) is 11.3 Å². The molecule has 0 atom stereocenters. The minimum atomic E-state index is -4.53. The van der Waals surface area contributed by atoms with E-state index >= 15 is 0 Å². The zero-order chi connectivity index (χ0) is 18.7. The third-order valence-electron chi connectivity index (χ3n) is 3.76. The smallest absolute Gasteiger partial charge is 0.329 e. The predicted molar refractivity (Wildman–Crippen MR) is 92.4 cm³/mol. The number of alkyl halides is 3. The Morgan fingerprint density at radius 2 is 2.00 bits per heavy atom. The van der Waals surface area contributed by atoms with Crippen molar-refractivity contribution < 1.29 is 22.8 Å². The number of aryl methyl sites for hydroxylation is 2. The van der Waals surface area contributed by atoms with Gasteiger partial charge in [0.25, 0.3) is 0 Å². The van der Waals surface area contributed by atoms with Gasteiger partial charge in [0.15, 0.2) is 0 Å². The number of nitrogens with one attached hydrogen (secondary N) is 2. The van der Waals surface area contributed by atoms with E-state index in [0.717, 1.165) is 47.7 Å². The Balaban J connectivity index is 1.62. The van der Waals surface area contributed by atoms with Crippen molar-refractivity contribution in [2.75, 3.05) is 12.3 Å². The molecule has 2 heterocycles. The number of hydrogen-bond acceptors (Lipinski definition) is 6. The number of nitrogens with zero attached hydrogens (tertiary/aromatic N) is 2. The van der Waals surface area contributed by atoms with Crippen LogP contribution in [0.1, 0.15) is 23.3 Å². The monoisotopic (exact) mass is 404 g/mol. The number of carbonyl (C=O) groups is 2. The fourth-order valence-corrected chi connectivity index (χ4v) is 4.81. The topological polar surface area (TPSA) is 84.0 Å². The van der Waals surface area contributed by atoms with Gasteiger partial charge in [0, 0.05) is 10.3 Å². The van der Waals surface area contributed by atoms with Gasteiger partial charge in [-0.2, -0.15) is 13.2 Å². The molecule has 0 bridgehead atoms. The number of aromatic nitrogens is 2. The second-order valence-corrected chi connectivity index (χ2v) is 7.75. The molecule has 0 radical (unpaired) electrons. The molecule has 0 saturated heterocycles. The number of fused-ring (bicyclic) bond motifs is 3. The van der Waals surface area contributed by atoms with Gasteiger partial charge >= 0.3 is 12.2 Å². The molecule has 3 amide bonds. The summed E-state index contributed by atoms with van der Waals surface area (Å²) in [5.41, 5.74) is 1.22. The zero-order valence-corrected chi connectivity index (χ0v) is 15.1. The van der Waals surface area contributed by atoms with E-state index < -0.39 is 24.7 Å². The molecule has 2 N–H and O–H groups in total.